The van der Waals surface area contributed by atoms with E-state index in [-0.39, 0.29) is 0 Å². The summed E-state index contributed by atoms with van der Waals surface area (Å²) >= 11 is 11.2. The van der Waals surface area contributed by atoms with Crippen LogP contribution in [0, 0.1) is 0 Å². The monoisotopic (exact) mass is 322 g/mol. The number of nitrogens with one attached hydrogen (secondary N) is 2. The highest BCUT2D eigenvalue weighted by Gasteiger charge is 2.04. The van der Waals surface area contributed by atoms with E-state index in [0.29, 0.717) is 15.8 Å². The molecule has 0 amide bonds. The van der Waals surface area contributed by atoms with Crippen LogP contribution in [0.2, 0.25) is 5.15 Å². The predicted octanol–water partition coefficient (Wildman–Crippen LogP) is 2.71. The van der Waals surface area contributed by atoms with Gasteiger partial charge >= 0.3 is 0 Å². The third-order valence-corrected chi connectivity index (χ3v) is 3.25. The van der Waals surface area contributed by atoms with Crippen LogP contribution in [0.1, 0.15) is 12.5 Å². The largest absolute Gasteiger partial charge is 0.497 e. The molecule has 0 fully saturated rings. The molecular weight excluding hydrogens is 308 g/mol. The van der Waals surface area contributed by atoms with Crippen molar-refractivity contribution >= 4 is 46.0 Å². The molecule has 0 spiro atoms. The van der Waals surface area contributed by atoms with Gasteiger partial charge in [0.15, 0.2) is 5.11 Å². The van der Waals surface area contributed by atoms with Gasteiger partial charge in [-0.05, 0) is 43.4 Å². The highest BCUT2D eigenvalue weighted by atomic mass is 35.5. The van der Waals surface area contributed by atoms with E-state index >= 15 is 0 Å². The molecular formula is C14H15ClN4OS. The zero-order chi connectivity index (χ0) is 15.2. The Kier molecular flexibility index (Phi) is 5.30. The average Bonchev–Trinajstić information content (AvgIpc) is 2.47. The van der Waals surface area contributed by atoms with Gasteiger partial charge in [-0.15, -0.1) is 0 Å². The van der Waals surface area contributed by atoms with Crippen LogP contribution < -0.4 is 15.5 Å². The van der Waals surface area contributed by atoms with Crippen molar-refractivity contribution < 1.29 is 4.74 Å². The minimum Gasteiger partial charge on any atom is -0.497 e. The van der Waals surface area contributed by atoms with Crippen molar-refractivity contribution in [1.82, 2.24) is 15.7 Å². The number of fused-ring (bicyclic) bond motifs is 1. The SMILES string of the molecule is CCNC(=S)N/N=C\c1cc2cc(OC)ccc2nc1Cl. The van der Waals surface area contributed by atoms with Crippen LogP contribution in [-0.4, -0.2) is 30.0 Å². The summed E-state index contributed by atoms with van der Waals surface area (Å²) in [5, 5.41) is 8.73. The third-order valence-electron chi connectivity index (χ3n) is 2.71. The first-order valence-electron chi connectivity index (χ1n) is 6.35. The predicted molar refractivity (Wildman–Crippen MR) is 90.3 cm³/mol. The van der Waals surface area contributed by atoms with Gasteiger partial charge in [0.1, 0.15) is 10.9 Å². The molecule has 21 heavy (non-hydrogen) atoms. The number of aromatic nitrogens is 1. The van der Waals surface area contributed by atoms with Crippen molar-refractivity contribution in [2.24, 2.45) is 5.10 Å². The average molecular weight is 323 g/mol. The lowest BCUT2D eigenvalue weighted by Crippen LogP contribution is -2.31. The molecule has 1 heterocycles. The Morgan fingerprint density at radius 2 is 2.29 bits per heavy atom. The van der Waals surface area contributed by atoms with Crippen molar-refractivity contribution in [1.29, 1.82) is 0 Å². The molecule has 2 aromatic rings. The number of halogens is 1. The zero-order valence-corrected chi connectivity index (χ0v) is 13.3. The van der Waals surface area contributed by atoms with Gasteiger partial charge in [0.2, 0.25) is 0 Å². The zero-order valence-electron chi connectivity index (χ0n) is 11.7. The molecule has 5 nitrogen and oxygen atoms in total. The number of hydrazone groups is 1. The quantitative estimate of drug-likeness (QED) is 0.392. The normalized spacial score (nSPS) is 10.8. The number of hydrogen-bond acceptors (Lipinski definition) is 4. The highest BCUT2D eigenvalue weighted by molar-refractivity contribution is 7.80. The summed E-state index contributed by atoms with van der Waals surface area (Å²) in [6, 6.07) is 7.50. The number of hydrogen-bond donors (Lipinski definition) is 2. The molecule has 7 heteroatoms. The van der Waals surface area contributed by atoms with Crippen LogP contribution in [0.5, 0.6) is 5.75 Å². The maximum atomic E-state index is 6.14. The van der Waals surface area contributed by atoms with Gasteiger partial charge in [-0.1, -0.05) is 11.6 Å². The lowest BCUT2D eigenvalue weighted by Gasteiger charge is -2.05. The second-order valence-electron chi connectivity index (χ2n) is 4.16. The third kappa shape index (κ3) is 4.03. The van der Waals surface area contributed by atoms with Gasteiger partial charge in [0.25, 0.3) is 0 Å². The molecule has 0 saturated heterocycles. The van der Waals surface area contributed by atoms with Gasteiger partial charge < -0.3 is 10.1 Å². The first-order valence-corrected chi connectivity index (χ1v) is 7.14. The Bertz CT molecular complexity index is 690. The fraction of sp³-hybridized carbons (Fsp3) is 0.214. The van der Waals surface area contributed by atoms with Crippen molar-refractivity contribution in [3.8, 4) is 5.75 Å². The minimum absolute atomic E-state index is 0.382. The van der Waals surface area contributed by atoms with Crippen LogP contribution in [0.25, 0.3) is 10.9 Å². The molecule has 0 radical (unpaired) electrons. The standard InChI is InChI=1S/C14H15ClN4OS/c1-3-16-14(21)19-17-8-10-6-9-7-11(20-2)4-5-12(9)18-13(10)15/h4-8H,3H2,1-2H3,(H2,16,19,21)/b17-8-. The van der Waals surface area contributed by atoms with E-state index in [1.54, 1.807) is 13.3 Å². The van der Waals surface area contributed by atoms with Gasteiger partial charge in [0.05, 0.1) is 18.8 Å². The van der Waals surface area contributed by atoms with Crippen LogP contribution in [0.15, 0.2) is 29.4 Å². The van der Waals surface area contributed by atoms with E-state index in [2.05, 4.69) is 20.8 Å². The second kappa shape index (κ2) is 7.19. The van der Waals surface area contributed by atoms with Gasteiger partial charge in [-0.3, -0.25) is 5.43 Å². The Morgan fingerprint density at radius 3 is 3.00 bits per heavy atom. The molecule has 1 aromatic heterocycles. The van der Waals surface area contributed by atoms with Crippen molar-refractivity contribution in [3.63, 3.8) is 0 Å². The maximum absolute atomic E-state index is 6.14. The van der Waals surface area contributed by atoms with Gasteiger partial charge in [0, 0.05) is 17.5 Å². The summed E-state index contributed by atoms with van der Waals surface area (Å²) in [5.74, 6) is 0.765. The smallest absolute Gasteiger partial charge is 0.186 e. The summed E-state index contributed by atoms with van der Waals surface area (Å²) in [6.45, 7) is 2.69. The van der Waals surface area contributed by atoms with Crippen LogP contribution in [-0.2, 0) is 0 Å². The van der Waals surface area contributed by atoms with E-state index in [1.165, 1.54) is 0 Å². The maximum Gasteiger partial charge on any atom is 0.186 e. The summed E-state index contributed by atoms with van der Waals surface area (Å²) in [7, 11) is 1.62. The molecule has 0 aliphatic rings. The van der Waals surface area contributed by atoms with Crippen LogP contribution in [0.3, 0.4) is 0 Å². The number of benzene rings is 1. The van der Waals surface area contributed by atoms with E-state index in [4.69, 9.17) is 28.6 Å². The van der Waals surface area contributed by atoms with Gasteiger partial charge in [-0.2, -0.15) is 5.10 Å². The molecule has 2 rings (SSSR count). The Morgan fingerprint density at radius 1 is 1.48 bits per heavy atom. The Balaban J connectivity index is 2.24. The Hall–Kier alpha value is -1.92. The number of ether oxygens (including phenoxy) is 1. The first-order chi connectivity index (χ1) is 10.1. The molecule has 110 valence electrons. The van der Waals surface area contributed by atoms with E-state index in [9.17, 15) is 0 Å². The molecule has 0 aliphatic carbocycles. The lowest BCUT2D eigenvalue weighted by atomic mass is 10.1. The fourth-order valence-corrected chi connectivity index (χ4v) is 2.12. The van der Waals surface area contributed by atoms with E-state index < -0.39 is 0 Å². The van der Waals surface area contributed by atoms with Crippen LogP contribution >= 0.6 is 23.8 Å². The lowest BCUT2D eigenvalue weighted by molar-refractivity contribution is 0.415. The minimum atomic E-state index is 0.382. The number of rotatable bonds is 4. The van der Waals surface area contributed by atoms with Crippen molar-refractivity contribution in [2.45, 2.75) is 6.92 Å². The number of pyridine rings is 1. The van der Waals surface area contributed by atoms with Crippen molar-refractivity contribution in [3.05, 3.63) is 35.0 Å². The highest BCUT2D eigenvalue weighted by Crippen LogP contribution is 2.23. The molecule has 0 atom stereocenters. The molecule has 0 unspecified atom stereocenters. The molecule has 2 N–H and O–H groups in total. The fourth-order valence-electron chi connectivity index (χ4n) is 1.73. The number of methoxy groups -OCH3 is 1. The van der Waals surface area contributed by atoms with Gasteiger partial charge in [-0.25, -0.2) is 4.98 Å². The first kappa shape index (κ1) is 15.5. The van der Waals surface area contributed by atoms with E-state index in [1.807, 2.05) is 31.2 Å². The second-order valence-corrected chi connectivity index (χ2v) is 4.92. The number of nitrogens with zero attached hydrogens (tertiary/aromatic N) is 2. The molecule has 0 aliphatic heterocycles. The summed E-state index contributed by atoms with van der Waals surface area (Å²) in [6.07, 6.45) is 1.58. The number of thiocarbonyl (C=S) groups is 1. The molecule has 0 saturated carbocycles. The van der Waals surface area contributed by atoms with Crippen molar-refractivity contribution in [2.75, 3.05) is 13.7 Å². The topological polar surface area (TPSA) is 58.5 Å². The van der Waals surface area contributed by atoms with Crippen LogP contribution in [0.4, 0.5) is 0 Å². The summed E-state index contributed by atoms with van der Waals surface area (Å²) in [4.78, 5) is 4.33. The summed E-state index contributed by atoms with van der Waals surface area (Å²) < 4.78 is 5.20. The van der Waals surface area contributed by atoms with E-state index in [0.717, 1.165) is 23.2 Å². The Labute approximate surface area is 133 Å². The summed E-state index contributed by atoms with van der Waals surface area (Å²) in [5.41, 5.74) is 4.21. The molecule has 0 bridgehead atoms. The molecule has 1 aromatic carbocycles.